The molecule has 5 nitrogen and oxygen atoms in total. The van der Waals surface area contributed by atoms with Gasteiger partial charge in [0.1, 0.15) is 7.85 Å². The largest absolute Gasteiger partial charge is 0.481 e. The molecule has 0 aromatic carbocycles. The lowest BCUT2D eigenvalue weighted by Gasteiger charge is -2.11. The molecule has 0 spiro atoms. The summed E-state index contributed by atoms with van der Waals surface area (Å²) < 4.78 is 9.20. The van der Waals surface area contributed by atoms with Gasteiger partial charge in [0.15, 0.2) is 0 Å². The molecule has 0 aromatic heterocycles. The Labute approximate surface area is 77.4 Å². The monoisotopic (exact) mass is 186 g/mol. The Morgan fingerprint density at radius 3 is 2.54 bits per heavy atom. The van der Waals surface area contributed by atoms with Crippen LogP contribution in [0.3, 0.4) is 0 Å². The Bertz CT molecular complexity index is 182. The Morgan fingerprint density at radius 2 is 2.08 bits per heavy atom. The Kier molecular flexibility index (Phi) is 5.96. The summed E-state index contributed by atoms with van der Waals surface area (Å²) in [6.07, 6.45) is -0.425. The number of hydrogen-bond donors (Lipinski definition) is 1. The number of carboxylic acids is 1. The number of carboxylic acid groups (broad SMARTS) is 1. The molecule has 0 amide bonds. The van der Waals surface area contributed by atoms with Crippen LogP contribution in [0.25, 0.3) is 0 Å². The van der Waals surface area contributed by atoms with Crippen molar-refractivity contribution < 1.29 is 24.2 Å². The summed E-state index contributed by atoms with van der Waals surface area (Å²) in [5, 5.41) is 8.24. The number of carbonyl (C=O) groups is 2. The molecule has 1 atom stereocenters. The van der Waals surface area contributed by atoms with Gasteiger partial charge >= 0.3 is 11.9 Å². The van der Waals surface area contributed by atoms with Gasteiger partial charge in [0.05, 0.1) is 25.5 Å². The summed E-state index contributed by atoms with van der Waals surface area (Å²) in [6, 6.07) is -0.828. The van der Waals surface area contributed by atoms with Crippen LogP contribution in [0.4, 0.5) is 0 Å². The molecule has 0 bridgehead atoms. The van der Waals surface area contributed by atoms with E-state index in [4.69, 9.17) is 13.0 Å². The predicted molar refractivity (Wildman–Crippen MR) is 44.4 cm³/mol. The van der Waals surface area contributed by atoms with Gasteiger partial charge in [0.2, 0.25) is 0 Å². The molecule has 0 fully saturated rings. The molecule has 0 aliphatic rings. The summed E-state index contributed by atoms with van der Waals surface area (Å²) in [7, 11) is 6.70. The minimum atomic E-state index is -1.04. The molecule has 13 heavy (non-hydrogen) atoms. The highest BCUT2D eigenvalue weighted by Crippen LogP contribution is 1.96. The van der Waals surface area contributed by atoms with Crippen molar-refractivity contribution in [2.75, 3.05) is 13.7 Å². The van der Waals surface area contributed by atoms with Gasteiger partial charge in [-0.05, 0) is 0 Å². The fraction of sp³-hybridized carbons (Fsp3) is 0.714. The van der Waals surface area contributed by atoms with Crippen molar-refractivity contribution in [3.63, 3.8) is 0 Å². The number of hydrogen-bond acceptors (Lipinski definition) is 4. The topological polar surface area (TPSA) is 72.8 Å². The van der Waals surface area contributed by atoms with Crippen molar-refractivity contribution in [1.29, 1.82) is 0 Å². The van der Waals surface area contributed by atoms with E-state index in [9.17, 15) is 9.59 Å². The van der Waals surface area contributed by atoms with E-state index in [0.717, 1.165) is 0 Å². The molecule has 2 radical (unpaired) electrons. The summed E-state index contributed by atoms with van der Waals surface area (Å²) in [5.74, 6) is -1.68. The number of esters is 1. The average molecular weight is 186 g/mol. The van der Waals surface area contributed by atoms with Crippen LogP contribution in [0.1, 0.15) is 12.8 Å². The second kappa shape index (κ2) is 6.48. The van der Waals surface area contributed by atoms with Crippen molar-refractivity contribution in [3.8, 4) is 0 Å². The van der Waals surface area contributed by atoms with Crippen molar-refractivity contribution in [2.45, 2.75) is 18.8 Å². The predicted octanol–water partition coefficient (Wildman–Crippen LogP) is -0.465. The molecule has 0 aromatic rings. The van der Waals surface area contributed by atoms with Crippen LogP contribution >= 0.6 is 0 Å². The first-order valence-corrected chi connectivity index (χ1v) is 3.72. The Morgan fingerprint density at radius 1 is 1.46 bits per heavy atom. The van der Waals surface area contributed by atoms with Crippen molar-refractivity contribution in [3.05, 3.63) is 0 Å². The maximum absolute atomic E-state index is 10.8. The van der Waals surface area contributed by atoms with E-state index >= 15 is 0 Å². The maximum Gasteiger partial charge on any atom is 0.305 e. The van der Waals surface area contributed by atoms with Crippen molar-refractivity contribution >= 4 is 19.8 Å². The molecule has 0 aliphatic carbocycles. The van der Waals surface area contributed by atoms with Gasteiger partial charge in [-0.3, -0.25) is 9.59 Å². The van der Waals surface area contributed by atoms with E-state index in [1.54, 1.807) is 0 Å². The molecule has 6 heteroatoms. The average Bonchev–Trinajstić information content (AvgIpc) is 2.01. The summed E-state index contributed by atoms with van der Waals surface area (Å²) >= 11 is 0. The molecule has 1 unspecified atom stereocenters. The standard InChI is InChI=1S/C7H11BO5/c1-12-4-5(8)13-7(11)3-2-6(9)10/h5H,2-4H2,1H3,(H,9,10). The zero-order chi connectivity index (χ0) is 10.3. The fourth-order valence-electron chi connectivity index (χ4n) is 0.635. The first-order valence-electron chi connectivity index (χ1n) is 3.72. The van der Waals surface area contributed by atoms with Gasteiger partial charge in [-0.25, -0.2) is 0 Å². The van der Waals surface area contributed by atoms with E-state index < -0.39 is 17.9 Å². The fourth-order valence-corrected chi connectivity index (χ4v) is 0.635. The van der Waals surface area contributed by atoms with Crippen LogP contribution in [0.15, 0.2) is 0 Å². The Hall–Kier alpha value is -1.04. The molecule has 1 N–H and O–H groups in total. The minimum absolute atomic E-state index is 0.0960. The second-order valence-corrected chi connectivity index (χ2v) is 2.38. The number of aliphatic carboxylic acids is 1. The highest BCUT2D eigenvalue weighted by molar-refractivity contribution is 6.11. The first-order chi connectivity index (χ1) is 6.06. The summed E-state index contributed by atoms with van der Waals surface area (Å²) in [6.45, 7) is 0.0960. The minimum Gasteiger partial charge on any atom is -0.481 e. The van der Waals surface area contributed by atoms with E-state index in [-0.39, 0.29) is 19.4 Å². The van der Waals surface area contributed by atoms with E-state index in [0.29, 0.717) is 0 Å². The third-order valence-electron chi connectivity index (χ3n) is 1.16. The third-order valence-corrected chi connectivity index (χ3v) is 1.16. The van der Waals surface area contributed by atoms with Gasteiger partial charge in [-0.15, -0.1) is 0 Å². The van der Waals surface area contributed by atoms with Crippen LogP contribution in [0.5, 0.6) is 0 Å². The molecule has 0 rings (SSSR count). The molecule has 0 saturated carbocycles. The molecule has 0 saturated heterocycles. The zero-order valence-corrected chi connectivity index (χ0v) is 7.36. The maximum atomic E-state index is 10.8. The molecule has 0 aliphatic heterocycles. The van der Waals surface area contributed by atoms with Crippen molar-refractivity contribution in [2.24, 2.45) is 0 Å². The SMILES string of the molecule is [B]C(COC)OC(=O)CCC(=O)O. The summed E-state index contributed by atoms with van der Waals surface area (Å²) in [4.78, 5) is 20.9. The Balaban J connectivity index is 3.55. The van der Waals surface area contributed by atoms with Gasteiger partial charge in [0.25, 0.3) is 0 Å². The van der Waals surface area contributed by atoms with Crippen LogP contribution in [0.2, 0.25) is 0 Å². The summed E-state index contributed by atoms with van der Waals surface area (Å²) in [5.41, 5.74) is 0. The number of rotatable bonds is 6. The number of methoxy groups -OCH3 is 1. The van der Waals surface area contributed by atoms with E-state index in [1.165, 1.54) is 7.11 Å². The highest BCUT2D eigenvalue weighted by Gasteiger charge is 2.10. The lowest BCUT2D eigenvalue weighted by Crippen LogP contribution is -2.23. The van der Waals surface area contributed by atoms with Crippen LogP contribution in [-0.4, -0.2) is 44.6 Å². The lowest BCUT2D eigenvalue weighted by atomic mass is 10.0. The first kappa shape index (κ1) is 12.0. The van der Waals surface area contributed by atoms with Crippen LogP contribution in [-0.2, 0) is 19.1 Å². The molecular weight excluding hydrogens is 175 g/mol. The quantitative estimate of drug-likeness (QED) is 0.448. The lowest BCUT2D eigenvalue weighted by molar-refractivity contribution is -0.150. The number of ether oxygens (including phenoxy) is 2. The second-order valence-electron chi connectivity index (χ2n) is 2.38. The molecular formula is C7H11BO5. The van der Waals surface area contributed by atoms with Crippen molar-refractivity contribution in [1.82, 2.24) is 0 Å². The van der Waals surface area contributed by atoms with E-state index in [1.807, 2.05) is 0 Å². The molecule has 72 valence electrons. The van der Waals surface area contributed by atoms with Crippen LogP contribution < -0.4 is 0 Å². The normalized spacial score (nSPS) is 12.1. The van der Waals surface area contributed by atoms with Gasteiger partial charge < -0.3 is 14.6 Å². The number of carbonyl (C=O) groups excluding carboxylic acids is 1. The van der Waals surface area contributed by atoms with E-state index in [2.05, 4.69) is 9.47 Å². The molecule has 0 heterocycles. The van der Waals surface area contributed by atoms with Gasteiger partial charge in [-0.2, -0.15) is 0 Å². The zero-order valence-electron chi connectivity index (χ0n) is 7.36. The van der Waals surface area contributed by atoms with Crippen LogP contribution in [0, 0.1) is 0 Å². The highest BCUT2D eigenvalue weighted by atomic mass is 16.6. The smallest absolute Gasteiger partial charge is 0.305 e. The third kappa shape index (κ3) is 7.33. The van der Waals surface area contributed by atoms with Gasteiger partial charge in [0, 0.05) is 7.11 Å². The van der Waals surface area contributed by atoms with Gasteiger partial charge in [-0.1, -0.05) is 0 Å².